The maximum absolute atomic E-state index is 12.2. The minimum Gasteiger partial charge on any atom is -0.458 e. The summed E-state index contributed by atoms with van der Waals surface area (Å²) in [5, 5.41) is 7.93. The van der Waals surface area contributed by atoms with Gasteiger partial charge >= 0.3 is 5.97 Å². The van der Waals surface area contributed by atoms with Gasteiger partial charge in [-0.25, -0.2) is 9.48 Å². The fraction of sp³-hybridized carbons (Fsp3) is 0.800. The first kappa shape index (κ1) is 15.3. The van der Waals surface area contributed by atoms with Crippen LogP contribution in [0.2, 0.25) is 0 Å². The van der Waals surface area contributed by atoms with Crippen LogP contribution < -0.4 is 5.73 Å². The van der Waals surface area contributed by atoms with Crippen LogP contribution in [0.3, 0.4) is 0 Å². The molecule has 1 saturated carbocycles. The molecule has 22 heavy (non-hydrogen) atoms. The molecule has 7 heteroatoms. The number of hydrogen-bond donors (Lipinski definition) is 1. The lowest BCUT2D eigenvalue weighted by Crippen LogP contribution is -2.25. The quantitative estimate of drug-likeness (QED) is 0.829. The Morgan fingerprint density at radius 2 is 1.86 bits per heavy atom. The molecule has 0 spiro atoms. The summed E-state index contributed by atoms with van der Waals surface area (Å²) >= 11 is 0. The smallest absolute Gasteiger partial charge is 0.363 e. The average Bonchev–Trinajstić information content (AvgIpc) is 3.16. The zero-order valence-corrected chi connectivity index (χ0v) is 13.0. The van der Waals surface area contributed by atoms with E-state index >= 15 is 0 Å². The second-order valence-electron chi connectivity index (χ2n) is 6.26. The molecular weight excluding hydrogens is 282 g/mol. The molecule has 2 aliphatic rings. The maximum Gasteiger partial charge on any atom is 0.363 e. The van der Waals surface area contributed by atoms with E-state index in [1.807, 2.05) is 0 Å². The number of aromatic nitrogens is 3. The average molecular weight is 307 g/mol. The number of anilines is 1. The van der Waals surface area contributed by atoms with Gasteiger partial charge in [0.2, 0.25) is 5.69 Å². The number of rotatable bonds is 5. The molecule has 0 unspecified atom stereocenters. The lowest BCUT2D eigenvalue weighted by atomic mass is 9.98. The van der Waals surface area contributed by atoms with Gasteiger partial charge in [-0.05, 0) is 51.6 Å². The van der Waals surface area contributed by atoms with E-state index in [2.05, 4.69) is 15.2 Å². The van der Waals surface area contributed by atoms with Crippen molar-refractivity contribution >= 4 is 11.8 Å². The Hall–Kier alpha value is -1.63. The first-order valence-corrected chi connectivity index (χ1v) is 8.36. The molecule has 0 amide bonds. The maximum atomic E-state index is 12.2. The van der Waals surface area contributed by atoms with Crippen LogP contribution in [0.25, 0.3) is 0 Å². The van der Waals surface area contributed by atoms with Crippen LogP contribution in [0.5, 0.6) is 0 Å². The first-order chi connectivity index (χ1) is 10.7. The fourth-order valence-corrected chi connectivity index (χ4v) is 3.26. The number of nitrogen functional groups attached to an aromatic ring is 1. The van der Waals surface area contributed by atoms with Crippen molar-refractivity contribution in [1.29, 1.82) is 0 Å². The number of hydrogen-bond acceptors (Lipinski definition) is 6. The van der Waals surface area contributed by atoms with E-state index in [1.165, 1.54) is 19.3 Å². The molecule has 1 aliphatic heterocycles. The molecule has 1 aromatic rings. The van der Waals surface area contributed by atoms with Crippen LogP contribution in [-0.2, 0) is 11.3 Å². The normalized spacial score (nSPS) is 20.4. The van der Waals surface area contributed by atoms with Crippen molar-refractivity contribution in [1.82, 2.24) is 19.9 Å². The number of carbonyl (C=O) groups excluding carboxylic acids is 1. The molecule has 2 heterocycles. The van der Waals surface area contributed by atoms with E-state index in [0.717, 1.165) is 45.3 Å². The Balaban J connectivity index is 1.55. The molecule has 7 nitrogen and oxygen atoms in total. The van der Waals surface area contributed by atoms with E-state index in [0.29, 0.717) is 12.4 Å². The molecule has 0 radical (unpaired) electrons. The number of nitrogens with zero attached hydrogens (tertiary/aromatic N) is 4. The molecule has 122 valence electrons. The molecule has 0 aromatic carbocycles. The Bertz CT molecular complexity index is 504. The lowest BCUT2D eigenvalue weighted by molar-refractivity contribution is 0.0205. The van der Waals surface area contributed by atoms with Gasteiger partial charge in [0.05, 0.1) is 6.54 Å². The van der Waals surface area contributed by atoms with Gasteiger partial charge in [0.15, 0.2) is 5.82 Å². The van der Waals surface area contributed by atoms with Crippen LogP contribution in [0.4, 0.5) is 5.82 Å². The molecule has 2 N–H and O–H groups in total. The van der Waals surface area contributed by atoms with Crippen LogP contribution in [0, 0.1) is 0 Å². The number of ether oxygens (including phenoxy) is 1. The standard InChI is InChI=1S/C15H25N5O2/c16-14-13(15(21)22-12-6-2-1-3-7-12)17-18-20(14)11-10-19-8-4-5-9-19/h12H,1-11,16H2. The summed E-state index contributed by atoms with van der Waals surface area (Å²) in [7, 11) is 0. The minimum atomic E-state index is -0.433. The second kappa shape index (κ2) is 7.09. The summed E-state index contributed by atoms with van der Waals surface area (Å²) in [4.78, 5) is 14.6. The third-order valence-corrected chi connectivity index (χ3v) is 4.62. The van der Waals surface area contributed by atoms with E-state index in [9.17, 15) is 4.79 Å². The molecule has 2 fully saturated rings. The van der Waals surface area contributed by atoms with Crippen LogP contribution >= 0.6 is 0 Å². The van der Waals surface area contributed by atoms with Crippen LogP contribution in [0.1, 0.15) is 55.4 Å². The Morgan fingerprint density at radius 1 is 1.14 bits per heavy atom. The van der Waals surface area contributed by atoms with Crippen molar-refractivity contribution < 1.29 is 9.53 Å². The molecule has 1 saturated heterocycles. The predicted molar refractivity (Wildman–Crippen MR) is 82.4 cm³/mol. The fourth-order valence-electron chi connectivity index (χ4n) is 3.26. The van der Waals surface area contributed by atoms with Gasteiger partial charge in [0.1, 0.15) is 6.10 Å². The van der Waals surface area contributed by atoms with Crippen molar-refractivity contribution in [2.24, 2.45) is 0 Å². The van der Waals surface area contributed by atoms with Crippen molar-refractivity contribution in [2.45, 2.75) is 57.6 Å². The molecule has 0 bridgehead atoms. The summed E-state index contributed by atoms with van der Waals surface area (Å²) in [6.07, 6.45) is 7.87. The van der Waals surface area contributed by atoms with Crippen molar-refractivity contribution in [2.75, 3.05) is 25.4 Å². The van der Waals surface area contributed by atoms with Gasteiger partial charge in [-0.1, -0.05) is 11.6 Å². The number of carbonyl (C=O) groups is 1. The summed E-state index contributed by atoms with van der Waals surface area (Å²) in [6, 6.07) is 0. The zero-order valence-electron chi connectivity index (χ0n) is 13.0. The van der Waals surface area contributed by atoms with E-state index < -0.39 is 5.97 Å². The van der Waals surface area contributed by atoms with Gasteiger partial charge in [0, 0.05) is 6.54 Å². The topological polar surface area (TPSA) is 86.3 Å². The van der Waals surface area contributed by atoms with E-state index in [4.69, 9.17) is 10.5 Å². The summed E-state index contributed by atoms with van der Waals surface area (Å²) in [6.45, 7) is 3.82. The highest BCUT2D eigenvalue weighted by molar-refractivity contribution is 5.91. The predicted octanol–water partition coefficient (Wildman–Crippen LogP) is 1.45. The molecular formula is C15H25N5O2. The highest BCUT2D eigenvalue weighted by Gasteiger charge is 2.24. The summed E-state index contributed by atoms with van der Waals surface area (Å²) in [5.41, 5.74) is 6.17. The Labute approximate surface area is 130 Å². The highest BCUT2D eigenvalue weighted by Crippen LogP contribution is 2.22. The molecule has 1 aliphatic carbocycles. The van der Waals surface area contributed by atoms with Crippen molar-refractivity contribution in [3.05, 3.63) is 5.69 Å². The van der Waals surface area contributed by atoms with Gasteiger partial charge in [-0.15, -0.1) is 5.10 Å². The second-order valence-corrected chi connectivity index (χ2v) is 6.26. The van der Waals surface area contributed by atoms with Crippen molar-refractivity contribution in [3.8, 4) is 0 Å². The summed E-state index contributed by atoms with van der Waals surface area (Å²) in [5.74, 6) is -0.114. The highest BCUT2D eigenvalue weighted by atomic mass is 16.5. The third-order valence-electron chi connectivity index (χ3n) is 4.62. The number of esters is 1. The van der Waals surface area contributed by atoms with Gasteiger partial charge < -0.3 is 15.4 Å². The van der Waals surface area contributed by atoms with Crippen LogP contribution in [0.15, 0.2) is 0 Å². The van der Waals surface area contributed by atoms with E-state index in [1.54, 1.807) is 4.68 Å². The molecule has 3 rings (SSSR count). The molecule has 1 aromatic heterocycles. The Morgan fingerprint density at radius 3 is 2.59 bits per heavy atom. The van der Waals surface area contributed by atoms with Gasteiger partial charge in [-0.3, -0.25) is 0 Å². The third kappa shape index (κ3) is 3.58. The number of likely N-dealkylation sites (tertiary alicyclic amines) is 1. The first-order valence-electron chi connectivity index (χ1n) is 8.36. The minimum absolute atomic E-state index is 0.00963. The van der Waals surface area contributed by atoms with E-state index in [-0.39, 0.29) is 11.8 Å². The monoisotopic (exact) mass is 307 g/mol. The Kier molecular flexibility index (Phi) is 4.92. The zero-order chi connectivity index (χ0) is 15.4. The van der Waals surface area contributed by atoms with Crippen LogP contribution in [-0.4, -0.2) is 51.6 Å². The summed E-state index contributed by atoms with van der Waals surface area (Å²) < 4.78 is 7.11. The van der Waals surface area contributed by atoms with Gasteiger partial charge in [0.25, 0.3) is 0 Å². The largest absolute Gasteiger partial charge is 0.458 e. The SMILES string of the molecule is Nc1c(C(=O)OC2CCCCC2)nnn1CCN1CCCC1. The molecule has 0 atom stereocenters. The lowest BCUT2D eigenvalue weighted by Gasteiger charge is -2.21. The number of nitrogens with two attached hydrogens (primary N) is 1. The van der Waals surface area contributed by atoms with Gasteiger partial charge in [-0.2, -0.15) is 0 Å². The van der Waals surface area contributed by atoms with Crippen molar-refractivity contribution in [3.63, 3.8) is 0 Å².